The zero-order valence-corrected chi connectivity index (χ0v) is 10.2. The predicted molar refractivity (Wildman–Crippen MR) is 64.6 cm³/mol. The molecule has 0 radical (unpaired) electrons. The zero-order valence-electron chi connectivity index (χ0n) is 9.34. The molecule has 0 saturated heterocycles. The molecule has 3 heteroatoms. The first-order valence-corrected chi connectivity index (χ1v) is 6.42. The summed E-state index contributed by atoms with van der Waals surface area (Å²) >= 11 is 0. The first-order chi connectivity index (χ1) is 7.52. The third kappa shape index (κ3) is 1.87. The van der Waals surface area contributed by atoms with Crippen LogP contribution in [0.4, 0.5) is 0 Å². The largest absolute Gasteiger partial charge is 0.293 e. The Kier molecular flexibility index (Phi) is 2.80. The molecule has 0 bridgehead atoms. The van der Waals surface area contributed by atoms with Gasteiger partial charge in [0.15, 0.2) is 5.78 Å². The molecule has 2 unspecified atom stereocenters. The van der Waals surface area contributed by atoms with Crippen molar-refractivity contribution >= 4 is 16.6 Å². The summed E-state index contributed by atoms with van der Waals surface area (Å²) in [5, 5.41) is -0.449. The molecule has 0 aromatic heterocycles. The average molecular weight is 234 g/mol. The van der Waals surface area contributed by atoms with Crippen molar-refractivity contribution in [3.63, 3.8) is 0 Å². The lowest BCUT2D eigenvalue weighted by Gasteiger charge is -2.24. The van der Waals surface area contributed by atoms with Crippen molar-refractivity contribution in [2.45, 2.75) is 24.0 Å². The van der Waals surface area contributed by atoms with Crippen LogP contribution >= 0.6 is 0 Å². The fourth-order valence-electron chi connectivity index (χ4n) is 1.91. The van der Waals surface area contributed by atoms with Crippen LogP contribution in [0, 0.1) is 5.41 Å². The molecule has 0 spiro atoms. The van der Waals surface area contributed by atoms with Crippen LogP contribution in [0.25, 0.3) is 0 Å². The van der Waals surface area contributed by atoms with Gasteiger partial charge in [-0.3, -0.25) is 9.00 Å². The molecule has 0 heterocycles. The summed E-state index contributed by atoms with van der Waals surface area (Å²) in [6.07, 6.45) is 3.40. The van der Waals surface area contributed by atoms with Crippen LogP contribution < -0.4 is 0 Å². The molecule has 0 fully saturated rings. The predicted octanol–water partition coefficient (Wildman–Crippen LogP) is 2.33. The minimum atomic E-state index is -1.27. The molecule has 1 aromatic rings. The maximum Gasteiger partial charge on any atom is 0.172 e. The number of rotatable bonds is 2. The van der Waals surface area contributed by atoms with Gasteiger partial charge < -0.3 is 0 Å². The molecule has 2 rings (SSSR count). The number of hydrogen-bond donors (Lipinski definition) is 0. The van der Waals surface area contributed by atoms with Gasteiger partial charge in [0.2, 0.25) is 0 Å². The number of hydrogen-bond acceptors (Lipinski definition) is 2. The molecule has 1 aliphatic rings. The van der Waals surface area contributed by atoms with Crippen molar-refractivity contribution in [1.82, 2.24) is 0 Å². The van der Waals surface area contributed by atoms with E-state index in [9.17, 15) is 9.00 Å². The number of benzene rings is 1. The molecule has 0 saturated carbocycles. The number of carbonyl (C=O) groups is 1. The van der Waals surface area contributed by atoms with E-state index in [1.807, 2.05) is 38.1 Å². The van der Waals surface area contributed by atoms with E-state index in [-0.39, 0.29) is 11.2 Å². The monoisotopic (exact) mass is 234 g/mol. The van der Waals surface area contributed by atoms with Crippen LogP contribution in [0.1, 0.15) is 13.8 Å². The summed E-state index contributed by atoms with van der Waals surface area (Å²) in [5.74, 6) is -0.0350. The Hall–Kier alpha value is -1.22. The average Bonchev–Trinajstić information content (AvgIpc) is 2.53. The molecule has 2 nitrogen and oxygen atoms in total. The summed E-state index contributed by atoms with van der Waals surface area (Å²) in [7, 11) is -1.27. The molecule has 0 amide bonds. The molecule has 0 N–H and O–H groups in total. The minimum Gasteiger partial charge on any atom is -0.293 e. The van der Waals surface area contributed by atoms with Gasteiger partial charge in [0.25, 0.3) is 0 Å². The second-order valence-corrected chi connectivity index (χ2v) is 6.09. The first-order valence-electron chi connectivity index (χ1n) is 5.21. The molecule has 2 atom stereocenters. The SMILES string of the molecule is CC1(C)C=CC(=O)C1S(=O)c1ccccc1. The van der Waals surface area contributed by atoms with Gasteiger partial charge in [0, 0.05) is 10.3 Å². The lowest BCUT2D eigenvalue weighted by Crippen LogP contribution is -2.33. The second kappa shape index (κ2) is 3.98. The number of allylic oxidation sites excluding steroid dienone is 2. The quantitative estimate of drug-likeness (QED) is 0.787. The van der Waals surface area contributed by atoms with E-state index in [0.29, 0.717) is 0 Å². The summed E-state index contributed by atoms with van der Waals surface area (Å²) in [6.45, 7) is 3.89. The van der Waals surface area contributed by atoms with Gasteiger partial charge in [-0.1, -0.05) is 38.1 Å². The van der Waals surface area contributed by atoms with Gasteiger partial charge in [0.05, 0.1) is 10.8 Å². The standard InChI is InChI=1S/C13H14O2S/c1-13(2)9-8-11(14)12(13)16(15)10-6-4-3-5-7-10/h3-9,12H,1-2H3. The molecule has 1 aromatic carbocycles. The fourth-order valence-corrected chi connectivity index (χ4v) is 3.53. The van der Waals surface area contributed by atoms with Gasteiger partial charge in [-0.15, -0.1) is 0 Å². The van der Waals surface area contributed by atoms with Gasteiger partial charge in [-0.05, 0) is 18.2 Å². The summed E-state index contributed by atoms with van der Waals surface area (Å²) in [5.41, 5.74) is -0.322. The van der Waals surface area contributed by atoms with Crippen molar-refractivity contribution in [2.24, 2.45) is 5.41 Å². The summed E-state index contributed by atoms with van der Waals surface area (Å²) < 4.78 is 12.3. The maximum absolute atomic E-state index is 12.3. The molecule has 1 aliphatic carbocycles. The van der Waals surface area contributed by atoms with Gasteiger partial charge >= 0.3 is 0 Å². The summed E-state index contributed by atoms with van der Waals surface area (Å²) in [6, 6.07) is 9.16. The highest BCUT2D eigenvalue weighted by molar-refractivity contribution is 7.86. The van der Waals surface area contributed by atoms with Crippen LogP contribution in [-0.2, 0) is 15.6 Å². The van der Waals surface area contributed by atoms with Crippen molar-refractivity contribution in [3.05, 3.63) is 42.5 Å². The van der Waals surface area contributed by atoms with Crippen LogP contribution in [-0.4, -0.2) is 15.2 Å². The van der Waals surface area contributed by atoms with E-state index in [1.165, 1.54) is 0 Å². The topological polar surface area (TPSA) is 34.1 Å². The number of ketones is 1. The summed E-state index contributed by atoms with van der Waals surface area (Å²) in [4.78, 5) is 12.4. The first kappa shape index (κ1) is 11.3. The Bertz CT molecular complexity index is 460. The highest BCUT2D eigenvalue weighted by atomic mass is 32.2. The van der Waals surface area contributed by atoms with Crippen LogP contribution in [0.3, 0.4) is 0 Å². The molecule has 84 valence electrons. The van der Waals surface area contributed by atoms with E-state index in [2.05, 4.69) is 0 Å². The third-order valence-electron chi connectivity index (χ3n) is 2.80. The maximum atomic E-state index is 12.3. The highest BCUT2D eigenvalue weighted by Gasteiger charge is 2.41. The second-order valence-electron chi connectivity index (χ2n) is 4.55. The van der Waals surface area contributed by atoms with E-state index < -0.39 is 16.0 Å². The highest BCUT2D eigenvalue weighted by Crippen LogP contribution is 2.34. The molecular weight excluding hydrogens is 220 g/mol. The smallest absolute Gasteiger partial charge is 0.172 e. The van der Waals surface area contributed by atoms with Crippen molar-refractivity contribution in [2.75, 3.05) is 0 Å². The zero-order chi connectivity index (χ0) is 11.8. The lowest BCUT2D eigenvalue weighted by atomic mass is 9.93. The van der Waals surface area contributed by atoms with E-state index in [4.69, 9.17) is 0 Å². The Labute approximate surface area is 97.8 Å². The Morgan fingerprint density at radius 2 is 1.81 bits per heavy atom. The van der Waals surface area contributed by atoms with Gasteiger partial charge in [0.1, 0.15) is 5.25 Å². The molecular formula is C13H14O2S. The van der Waals surface area contributed by atoms with Crippen LogP contribution in [0.2, 0.25) is 0 Å². The Morgan fingerprint density at radius 1 is 1.19 bits per heavy atom. The lowest BCUT2D eigenvalue weighted by molar-refractivity contribution is -0.114. The number of carbonyl (C=O) groups excluding carboxylic acids is 1. The van der Waals surface area contributed by atoms with Crippen molar-refractivity contribution in [1.29, 1.82) is 0 Å². The van der Waals surface area contributed by atoms with Crippen molar-refractivity contribution < 1.29 is 9.00 Å². The van der Waals surface area contributed by atoms with Crippen LogP contribution in [0.5, 0.6) is 0 Å². The minimum absolute atomic E-state index is 0.0350. The van der Waals surface area contributed by atoms with Crippen molar-refractivity contribution in [3.8, 4) is 0 Å². The van der Waals surface area contributed by atoms with E-state index in [1.54, 1.807) is 18.2 Å². The Balaban J connectivity index is 2.34. The fraction of sp³-hybridized carbons (Fsp3) is 0.308. The Morgan fingerprint density at radius 3 is 2.31 bits per heavy atom. The molecule has 0 aliphatic heterocycles. The van der Waals surface area contributed by atoms with Crippen LogP contribution in [0.15, 0.2) is 47.4 Å². The van der Waals surface area contributed by atoms with Gasteiger partial charge in [-0.2, -0.15) is 0 Å². The normalized spacial score (nSPS) is 24.6. The van der Waals surface area contributed by atoms with E-state index >= 15 is 0 Å². The molecule has 16 heavy (non-hydrogen) atoms. The van der Waals surface area contributed by atoms with Gasteiger partial charge in [-0.25, -0.2) is 0 Å². The van der Waals surface area contributed by atoms with E-state index in [0.717, 1.165) is 4.90 Å². The third-order valence-corrected chi connectivity index (χ3v) is 4.81.